The maximum atomic E-state index is 12.1. The van der Waals surface area contributed by atoms with Gasteiger partial charge in [0.25, 0.3) is 0 Å². The first kappa shape index (κ1) is 19.3. The van der Waals surface area contributed by atoms with Gasteiger partial charge in [0.15, 0.2) is 0 Å². The van der Waals surface area contributed by atoms with Crippen LogP contribution < -0.4 is 8.92 Å². The van der Waals surface area contributed by atoms with Crippen LogP contribution in [0.2, 0.25) is 0 Å². The fourth-order valence-electron chi connectivity index (χ4n) is 2.78. The van der Waals surface area contributed by atoms with E-state index < -0.39 is 10.1 Å². The van der Waals surface area contributed by atoms with Crippen molar-refractivity contribution < 1.29 is 17.3 Å². The Balaban J connectivity index is 1.93. The van der Waals surface area contributed by atoms with Gasteiger partial charge in [-0.05, 0) is 49.7 Å². The van der Waals surface area contributed by atoms with E-state index in [1.807, 2.05) is 31.9 Å². The molecule has 6 heteroatoms. The lowest BCUT2D eigenvalue weighted by Gasteiger charge is -2.18. The van der Waals surface area contributed by atoms with Crippen molar-refractivity contribution in [1.29, 1.82) is 0 Å². The third kappa shape index (κ3) is 5.76. The van der Waals surface area contributed by atoms with Gasteiger partial charge in [0, 0.05) is 13.1 Å². The summed E-state index contributed by atoms with van der Waals surface area (Å²) >= 11 is 0. The van der Waals surface area contributed by atoms with Crippen LogP contribution in [0.3, 0.4) is 0 Å². The predicted octanol–water partition coefficient (Wildman–Crippen LogP) is 3.15. The highest BCUT2D eigenvalue weighted by Crippen LogP contribution is 2.24. The molecule has 0 unspecified atom stereocenters. The minimum absolute atomic E-state index is 0.0630. The van der Waals surface area contributed by atoms with Crippen molar-refractivity contribution in [2.24, 2.45) is 0 Å². The van der Waals surface area contributed by atoms with Gasteiger partial charge in [-0.15, -0.1) is 0 Å². The van der Waals surface area contributed by atoms with Crippen LogP contribution in [0, 0.1) is 13.8 Å². The Morgan fingerprint density at radius 3 is 2.20 bits per heavy atom. The Morgan fingerprint density at radius 1 is 1.04 bits per heavy atom. The largest absolute Gasteiger partial charge is 0.496 e. The van der Waals surface area contributed by atoms with Crippen molar-refractivity contribution >= 4 is 10.1 Å². The number of benzene rings is 2. The third-order valence-electron chi connectivity index (χ3n) is 3.87. The van der Waals surface area contributed by atoms with Crippen molar-refractivity contribution in [3.63, 3.8) is 0 Å². The van der Waals surface area contributed by atoms with E-state index in [0.29, 0.717) is 18.8 Å². The van der Waals surface area contributed by atoms with E-state index in [1.165, 1.54) is 0 Å². The van der Waals surface area contributed by atoms with Gasteiger partial charge in [-0.25, -0.2) is 0 Å². The fraction of sp³-hybridized carbons (Fsp3) is 0.368. The molecule has 0 saturated heterocycles. The topological polar surface area (TPSA) is 55.8 Å². The standard InChI is InChI=1S/C19H25NO4S/c1-15-12-17(13-16(2)19(15)23-4)14-20(3)10-11-25(21,22)24-18-8-6-5-7-9-18/h5-9,12-13H,10-11,14H2,1-4H3. The molecule has 0 radical (unpaired) electrons. The molecule has 0 heterocycles. The fourth-order valence-corrected chi connectivity index (χ4v) is 3.80. The lowest BCUT2D eigenvalue weighted by atomic mass is 10.1. The van der Waals surface area contributed by atoms with Crippen molar-refractivity contribution in [2.75, 3.05) is 26.5 Å². The molecule has 0 aliphatic rings. The van der Waals surface area contributed by atoms with Gasteiger partial charge in [-0.1, -0.05) is 30.3 Å². The van der Waals surface area contributed by atoms with Crippen molar-refractivity contribution in [3.05, 3.63) is 59.2 Å². The second-order valence-corrected chi connectivity index (χ2v) is 7.85. The highest BCUT2D eigenvalue weighted by molar-refractivity contribution is 7.87. The molecular weight excluding hydrogens is 338 g/mol. The van der Waals surface area contributed by atoms with Crippen LogP contribution in [-0.2, 0) is 16.7 Å². The Bertz CT molecular complexity index is 780. The first-order chi connectivity index (χ1) is 11.8. The monoisotopic (exact) mass is 363 g/mol. The number of rotatable bonds is 8. The molecule has 0 bridgehead atoms. The van der Waals surface area contributed by atoms with Gasteiger partial charge in [0.05, 0.1) is 12.9 Å². The summed E-state index contributed by atoms with van der Waals surface area (Å²) < 4.78 is 34.6. The van der Waals surface area contributed by atoms with Gasteiger partial charge in [0.1, 0.15) is 11.5 Å². The number of para-hydroxylation sites is 1. The van der Waals surface area contributed by atoms with E-state index >= 15 is 0 Å². The lowest BCUT2D eigenvalue weighted by molar-refractivity contribution is 0.341. The Labute approximate surface area is 150 Å². The number of aryl methyl sites for hydroxylation is 2. The summed E-state index contributed by atoms with van der Waals surface area (Å²) in [5.74, 6) is 1.17. The first-order valence-electron chi connectivity index (χ1n) is 8.10. The van der Waals surface area contributed by atoms with Crippen LogP contribution in [0.1, 0.15) is 16.7 Å². The molecule has 2 aromatic rings. The smallest absolute Gasteiger partial charge is 0.310 e. The summed E-state index contributed by atoms with van der Waals surface area (Å²) in [6.07, 6.45) is 0. The maximum Gasteiger partial charge on any atom is 0.310 e. The summed E-state index contributed by atoms with van der Waals surface area (Å²) in [4.78, 5) is 1.96. The number of hydrogen-bond acceptors (Lipinski definition) is 5. The molecule has 0 saturated carbocycles. The van der Waals surface area contributed by atoms with Crippen molar-refractivity contribution in [1.82, 2.24) is 4.90 Å². The Hall–Kier alpha value is -2.05. The van der Waals surface area contributed by atoms with Crippen molar-refractivity contribution in [3.8, 4) is 11.5 Å². The zero-order valence-corrected chi connectivity index (χ0v) is 16.0. The second-order valence-electron chi connectivity index (χ2n) is 6.16. The molecule has 0 spiro atoms. The number of nitrogens with zero attached hydrogens (tertiary/aromatic N) is 1. The molecule has 0 N–H and O–H groups in total. The van der Waals surface area contributed by atoms with Gasteiger partial charge in [-0.3, -0.25) is 0 Å². The number of ether oxygens (including phenoxy) is 1. The van der Waals surface area contributed by atoms with Crippen LogP contribution in [-0.4, -0.2) is 39.8 Å². The zero-order valence-electron chi connectivity index (χ0n) is 15.2. The molecule has 5 nitrogen and oxygen atoms in total. The van der Waals surface area contributed by atoms with E-state index in [0.717, 1.165) is 22.4 Å². The second kappa shape index (κ2) is 8.36. The summed E-state index contributed by atoms with van der Waals surface area (Å²) in [6, 6.07) is 12.7. The zero-order chi connectivity index (χ0) is 18.4. The predicted molar refractivity (Wildman–Crippen MR) is 99.7 cm³/mol. The van der Waals surface area contributed by atoms with E-state index in [-0.39, 0.29) is 5.75 Å². The van der Waals surface area contributed by atoms with Gasteiger partial charge < -0.3 is 13.8 Å². The molecule has 0 amide bonds. The van der Waals surface area contributed by atoms with E-state index in [4.69, 9.17) is 8.92 Å². The Morgan fingerprint density at radius 2 is 1.64 bits per heavy atom. The van der Waals surface area contributed by atoms with Crippen LogP contribution >= 0.6 is 0 Å². The average molecular weight is 363 g/mol. The van der Waals surface area contributed by atoms with E-state index in [9.17, 15) is 8.42 Å². The molecule has 2 rings (SSSR count). The molecule has 0 aromatic heterocycles. The molecule has 136 valence electrons. The SMILES string of the molecule is COc1c(C)cc(CN(C)CCS(=O)(=O)Oc2ccccc2)cc1C. The number of hydrogen-bond donors (Lipinski definition) is 0. The average Bonchev–Trinajstić information content (AvgIpc) is 2.53. The molecular formula is C19H25NO4S. The molecule has 0 aliphatic carbocycles. The van der Waals surface area contributed by atoms with Gasteiger partial charge in [0.2, 0.25) is 0 Å². The summed E-state index contributed by atoms with van der Waals surface area (Å²) in [6.45, 7) is 5.06. The normalized spacial score (nSPS) is 11.6. The van der Waals surface area contributed by atoms with Crippen molar-refractivity contribution in [2.45, 2.75) is 20.4 Å². The van der Waals surface area contributed by atoms with Crippen LogP contribution in [0.25, 0.3) is 0 Å². The minimum Gasteiger partial charge on any atom is -0.496 e. The molecule has 25 heavy (non-hydrogen) atoms. The highest BCUT2D eigenvalue weighted by Gasteiger charge is 2.15. The van der Waals surface area contributed by atoms with Gasteiger partial charge >= 0.3 is 10.1 Å². The number of methoxy groups -OCH3 is 1. The van der Waals surface area contributed by atoms with Crippen LogP contribution in [0.5, 0.6) is 11.5 Å². The van der Waals surface area contributed by atoms with E-state index in [1.54, 1.807) is 31.4 Å². The van der Waals surface area contributed by atoms with Crippen LogP contribution in [0.4, 0.5) is 0 Å². The van der Waals surface area contributed by atoms with E-state index in [2.05, 4.69) is 12.1 Å². The molecule has 0 fully saturated rings. The summed E-state index contributed by atoms with van der Waals surface area (Å²) in [5.41, 5.74) is 3.27. The molecule has 2 aromatic carbocycles. The first-order valence-corrected chi connectivity index (χ1v) is 9.68. The van der Waals surface area contributed by atoms with Crippen LogP contribution in [0.15, 0.2) is 42.5 Å². The lowest BCUT2D eigenvalue weighted by Crippen LogP contribution is -2.27. The quantitative estimate of drug-likeness (QED) is 0.675. The van der Waals surface area contributed by atoms with Gasteiger partial charge in [-0.2, -0.15) is 8.42 Å². The summed E-state index contributed by atoms with van der Waals surface area (Å²) in [7, 11) is -0.0495. The summed E-state index contributed by atoms with van der Waals surface area (Å²) in [5, 5.41) is 0. The molecule has 0 atom stereocenters. The maximum absolute atomic E-state index is 12.1. The third-order valence-corrected chi connectivity index (χ3v) is 5.00. The Kier molecular flexibility index (Phi) is 6.45. The minimum atomic E-state index is -3.61. The molecule has 0 aliphatic heterocycles. The highest BCUT2D eigenvalue weighted by atomic mass is 32.2.